The fraction of sp³-hybridized carbons (Fsp3) is 0.480. The summed E-state index contributed by atoms with van der Waals surface area (Å²) in [5.74, 6) is 1.08. The van der Waals surface area contributed by atoms with E-state index < -0.39 is 10.0 Å². The average molecular weight is 441 g/mol. The van der Waals surface area contributed by atoms with Crippen molar-refractivity contribution in [3.8, 4) is 0 Å². The fourth-order valence-corrected chi connectivity index (χ4v) is 6.15. The monoisotopic (exact) mass is 440 g/mol. The van der Waals surface area contributed by atoms with Gasteiger partial charge in [-0.3, -0.25) is 4.79 Å². The van der Waals surface area contributed by atoms with Gasteiger partial charge in [0.05, 0.1) is 4.90 Å². The van der Waals surface area contributed by atoms with Crippen LogP contribution in [0.25, 0.3) is 0 Å². The molecule has 2 aromatic rings. The molecule has 0 bridgehead atoms. The van der Waals surface area contributed by atoms with Gasteiger partial charge in [0, 0.05) is 31.7 Å². The molecule has 166 valence electrons. The minimum Gasteiger partial charge on any atom is -0.339 e. The molecule has 0 saturated carbocycles. The molecular formula is C25H32N2O3S. The number of carbonyl (C=O) groups is 1. The average Bonchev–Trinajstić information content (AvgIpc) is 2.80. The SMILES string of the molecule is CC1CCN(S(=O)(=O)c2cccc(C(=O)N3CCC(Cc4ccccc4)CC3)c2)CC1. The minimum absolute atomic E-state index is 0.0672. The van der Waals surface area contributed by atoms with E-state index in [9.17, 15) is 13.2 Å². The number of benzene rings is 2. The van der Waals surface area contributed by atoms with Gasteiger partial charge in [-0.1, -0.05) is 43.3 Å². The molecule has 2 aliphatic heterocycles. The van der Waals surface area contributed by atoms with Crippen molar-refractivity contribution in [3.63, 3.8) is 0 Å². The van der Waals surface area contributed by atoms with Crippen molar-refractivity contribution in [1.82, 2.24) is 9.21 Å². The first-order chi connectivity index (χ1) is 14.9. The topological polar surface area (TPSA) is 57.7 Å². The van der Waals surface area contributed by atoms with Crippen LogP contribution in [0.4, 0.5) is 0 Å². The summed E-state index contributed by atoms with van der Waals surface area (Å²) in [7, 11) is -3.55. The Morgan fingerprint density at radius 1 is 0.903 bits per heavy atom. The highest BCUT2D eigenvalue weighted by molar-refractivity contribution is 7.89. The molecule has 0 spiro atoms. The van der Waals surface area contributed by atoms with E-state index in [-0.39, 0.29) is 10.8 Å². The van der Waals surface area contributed by atoms with Gasteiger partial charge in [0.25, 0.3) is 5.91 Å². The lowest BCUT2D eigenvalue weighted by Gasteiger charge is -2.32. The van der Waals surface area contributed by atoms with Crippen molar-refractivity contribution in [3.05, 3.63) is 65.7 Å². The van der Waals surface area contributed by atoms with E-state index in [4.69, 9.17) is 0 Å². The Hall–Kier alpha value is -2.18. The van der Waals surface area contributed by atoms with E-state index >= 15 is 0 Å². The van der Waals surface area contributed by atoms with Crippen LogP contribution in [0, 0.1) is 11.8 Å². The van der Waals surface area contributed by atoms with Gasteiger partial charge < -0.3 is 4.90 Å². The first-order valence-corrected chi connectivity index (χ1v) is 12.8. The van der Waals surface area contributed by atoms with Gasteiger partial charge in [0.1, 0.15) is 0 Å². The smallest absolute Gasteiger partial charge is 0.253 e. The Morgan fingerprint density at radius 2 is 1.58 bits per heavy atom. The zero-order chi connectivity index (χ0) is 21.8. The van der Waals surface area contributed by atoms with E-state index in [0.717, 1.165) is 45.2 Å². The van der Waals surface area contributed by atoms with Gasteiger partial charge in [0.15, 0.2) is 0 Å². The van der Waals surface area contributed by atoms with E-state index in [0.29, 0.717) is 30.5 Å². The largest absolute Gasteiger partial charge is 0.339 e. The summed E-state index contributed by atoms with van der Waals surface area (Å²) in [6.45, 7) is 4.70. The highest BCUT2D eigenvalue weighted by Gasteiger charge is 2.29. The lowest BCUT2D eigenvalue weighted by Crippen LogP contribution is -2.39. The second kappa shape index (κ2) is 9.53. The number of sulfonamides is 1. The van der Waals surface area contributed by atoms with Crippen molar-refractivity contribution < 1.29 is 13.2 Å². The molecule has 0 N–H and O–H groups in total. The van der Waals surface area contributed by atoms with E-state index in [1.807, 2.05) is 11.0 Å². The number of hydrogen-bond acceptors (Lipinski definition) is 3. The van der Waals surface area contributed by atoms with Crippen molar-refractivity contribution >= 4 is 15.9 Å². The molecule has 5 nitrogen and oxygen atoms in total. The van der Waals surface area contributed by atoms with Crippen LogP contribution in [-0.4, -0.2) is 49.7 Å². The summed E-state index contributed by atoms with van der Waals surface area (Å²) >= 11 is 0. The maximum absolute atomic E-state index is 13.1. The molecule has 31 heavy (non-hydrogen) atoms. The normalized spacial score (nSPS) is 19.5. The van der Waals surface area contributed by atoms with Crippen LogP contribution >= 0.6 is 0 Å². The first kappa shape index (κ1) is 22.0. The molecular weight excluding hydrogens is 408 g/mol. The standard InChI is InChI=1S/C25H32N2O3S/c1-20-10-16-27(17-11-20)31(29,30)24-9-5-8-23(19-24)25(28)26-14-12-22(13-15-26)18-21-6-3-2-4-7-21/h2-9,19-20,22H,10-18H2,1H3. The van der Waals surface area contributed by atoms with Crippen LogP contribution in [0.2, 0.25) is 0 Å². The first-order valence-electron chi connectivity index (χ1n) is 11.4. The third-order valence-electron chi connectivity index (χ3n) is 6.73. The predicted molar refractivity (Wildman–Crippen MR) is 122 cm³/mol. The van der Waals surface area contributed by atoms with E-state index in [1.54, 1.807) is 28.6 Å². The van der Waals surface area contributed by atoms with E-state index in [2.05, 4.69) is 31.2 Å². The minimum atomic E-state index is -3.55. The number of nitrogens with zero attached hydrogens (tertiary/aromatic N) is 2. The predicted octanol–water partition coefficient (Wildman–Crippen LogP) is 4.20. The fourth-order valence-electron chi connectivity index (χ4n) is 4.63. The Bertz CT molecular complexity index is 990. The van der Waals surface area contributed by atoms with Crippen molar-refractivity contribution in [2.24, 2.45) is 11.8 Å². The number of hydrogen-bond donors (Lipinski definition) is 0. The lowest BCUT2D eigenvalue weighted by molar-refractivity contribution is 0.0690. The maximum atomic E-state index is 13.1. The molecule has 4 rings (SSSR count). The van der Waals surface area contributed by atoms with Crippen LogP contribution in [0.15, 0.2) is 59.5 Å². The molecule has 6 heteroatoms. The highest BCUT2D eigenvalue weighted by atomic mass is 32.2. The van der Waals surface area contributed by atoms with Crippen molar-refractivity contribution in [1.29, 1.82) is 0 Å². The Labute approximate surface area is 186 Å². The van der Waals surface area contributed by atoms with Crippen LogP contribution in [0.5, 0.6) is 0 Å². The van der Waals surface area contributed by atoms with Crippen LogP contribution in [0.3, 0.4) is 0 Å². The molecule has 2 aromatic carbocycles. The molecule has 2 fully saturated rings. The molecule has 0 aliphatic carbocycles. The molecule has 0 unspecified atom stereocenters. The summed E-state index contributed by atoms with van der Waals surface area (Å²) in [6.07, 6.45) is 4.77. The third kappa shape index (κ3) is 5.18. The van der Waals surface area contributed by atoms with Gasteiger partial charge in [-0.25, -0.2) is 8.42 Å². The van der Waals surface area contributed by atoms with Gasteiger partial charge in [-0.05, 0) is 67.7 Å². The van der Waals surface area contributed by atoms with Crippen molar-refractivity contribution in [2.45, 2.75) is 43.9 Å². The molecule has 0 aromatic heterocycles. The van der Waals surface area contributed by atoms with Gasteiger partial charge in [-0.2, -0.15) is 4.31 Å². The number of likely N-dealkylation sites (tertiary alicyclic amines) is 1. The molecule has 2 saturated heterocycles. The molecule has 1 amide bonds. The molecule has 2 heterocycles. The van der Waals surface area contributed by atoms with Crippen LogP contribution < -0.4 is 0 Å². The molecule has 0 atom stereocenters. The van der Waals surface area contributed by atoms with E-state index in [1.165, 1.54) is 5.56 Å². The Morgan fingerprint density at radius 3 is 2.26 bits per heavy atom. The summed E-state index contributed by atoms with van der Waals surface area (Å²) in [6, 6.07) is 17.1. The van der Waals surface area contributed by atoms with Gasteiger partial charge in [0.2, 0.25) is 10.0 Å². The lowest BCUT2D eigenvalue weighted by atomic mass is 9.90. The third-order valence-corrected chi connectivity index (χ3v) is 8.62. The highest BCUT2D eigenvalue weighted by Crippen LogP contribution is 2.26. The Balaban J connectivity index is 1.39. The van der Waals surface area contributed by atoms with Gasteiger partial charge in [-0.15, -0.1) is 0 Å². The Kier molecular flexibility index (Phi) is 6.77. The molecule has 2 aliphatic rings. The second-order valence-electron chi connectivity index (χ2n) is 9.04. The zero-order valence-corrected chi connectivity index (χ0v) is 19.1. The number of rotatable bonds is 5. The number of piperidine rings is 2. The van der Waals surface area contributed by atoms with Gasteiger partial charge >= 0.3 is 0 Å². The van der Waals surface area contributed by atoms with Crippen molar-refractivity contribution in [2.75, 3.05) is 26.2 Å². The quantitative estimate of drug-likeness (QED) is 0.700. The van der Waals surface area contributed by atoms with Crippen LogP contribution in [-0.2, 0) is 16.4 Å². The maximum Gasteiger partial charge on any atom is 0.253 e. The number of carbonyl (C=O) groups excluding carboxylic acids is 1. The second-order valence-corrected chi connectivity index (χ2v) is 11.0. The summed E-state index contributed by atoms with van der Waals surface area (Å²) in [5, 5.41) is 0. The molecule has 0 radical (unpaired) electrons. The summed E-state index contributed by atoms with van der Waals surface area (Å²) in [5.41, 5.74) is 1.81. The number of amides is 1. The zero-order valence-electron chi connectivity index (χ0n) is 18.2. The van der Waals surface area contributed by atoms with Crippen LogP contribution in [0.1, 0.15) is 48.5 Å². The summed E-state index contributed by atoms with van der Waals surface area (Å²) < 4.78 is 27.7. The summed E-state index contributed by atoms with van der Waals surface area (Å²) in [4.78, 5) is 15.2.